The fraction of sp³-hybridized carbons (Fsp3) is 0.0833. The van der Waals surface area contributed by atoms with Gasteiger partial charge in [0.25, 0.3) is 5.91 Å². The third-order valence-electron chi connectivity index (χ3n) is 4.80. The summed E-state index contributed by atoms with van der Waals surface area (Å²) in [6, 6.07) is 26.0. The highest BCUT2D eigenvalue weighted by Gasteiger charge is 2.15. The van der Waals surface area contributed by atoms with Crippen molar-refractivity contribution >= 4 is 28.3 Å². The van der Waals surface area contributed by atoms with E-state index in [1.165, 1.54) is 0 Å². The lowest BCUT2D eigenvalue weighted by atomic mass is 10.0. The molecule has 0 atom stereocenters. The normalized spacial score (nSPS) is 10.8. The van der Waals surface area contributed by atoms with E-state index in [1.807, 2.05) is 60.0 Å². The van der Waals surface area contributed by atoms with Gasteiger partial charge >= 0.3 is 0 Å². The maximum Gasteiger partial charge on any atom is 0.272 e. The zero-order valence-electron chi connectivity index (χ0n) is 15.6. The Kier molecular flexibility index (Phi) is 4.77. The highest BCUT2D eigenvalue weighted by Crippen LogP contribution is 2.21. The lowest BCUT2D eigenvalue weighted by Crippen LogP contribution is -2.16. The van der Waals surface area contributed by atoms with Crippen molar-refractivity contribution in [2.24, 2.45) is 0 Å². The highest BCUT2D eigenvalue weighted by molar-refractivity contribution is 6.10. The molecule has 1 N–H and O–H groups in total. The summed E-state index contributed by atoms with van der Waals surface area (Å²) < 4.78 is 2.00. The summed E-state index contributed by atoms with van der Waals surface area (Å²) in [6.07, 6.45) is 0. The number of hydrogen-bond donors (Lipinski definition) is 1. The van der Waals surface area contributed by atoms with E-state index >= 15 is 0 Å². The van der Waals surface area contributed by atoms with Crippen molar-refractivity contribution in [1.29, 1.82) is 0 Å². The summed E-state index contributed by atoms with van der Waals surface area (Å²) >= 11 is 0. The van der Waals surface area contributed by atoms with Crippen molar-refractivity contribution in [3.05, 3.63) is 102 Å². The number of benzene rings is 3. The number of aryl methyl sites for hydroxylation is 1. The quantitative estimate of drug-likeness (QED) is 0.496. The topological polar surface area (TPSA) is 51.1 Å². The molecule has 0 saturated heterocycles. The van der Waals surface area contributed by atoms with Gasteiger partial charge < -0.3 is 9.88 Å². The minimum atomic E-state index is -0.166. The van der Waals surface area contributed by atoms with Crippen LogP contribution in [0.1, 0.15) is 33.3 Å². The van der Waals surface area contributed by atoms with Gasteiger partial charge in [-0.3, -0.25) is 9.59 Å². The third kappa shape index (κ3) is 3.32. The summed E-state index contributed by atoms with van der Waals surface area (Å²) in [6.45, 7) is 2.73. The molecule has 0 fully saturated rings. The van der Waals surface area contributed by atoms with Crippen LogP contribution in [0.15, 0.2) is 84.9 Å². The minimum absolute atomic E-state index is 0.0374. The molecule has 0 radical (unpaired) electrons. The number of ketones is 1. The van der Waals surface area contributed by atoms with Crippen LogP contribution in [0.4, 0.5) is 5.69 Å². The third-order valence-corrected chi connectivity index (χ3v) is 4.80. The first kappa shape index (κ1) is 17.7. The van der Waals surface area contributed by atoms with Crippen LogP contribution in [0.3, 0.4) is 0 Å². The van der Waals surface area contributed by atoms with Gasteiger partial charge in [0.1, 0.15) is 5.69 Å². The van der Waals surface area contributed by atoms with Crippen molar-refractivity contribution in [2.75, 3.05) is 5.32 Å². The van der Waals surface area contributed by atoms with Crippen molar-refractivity contribution in [1.82, 2.24) is 4.57 Å². The van der Waals surface area contributed by atoms with E-state index in [2.05, 4.69) is 5.32 Å². The molecule has 1 amide bonds. The standard InChI is InChI=1S/C24H20N2O2/c1-2-26-21-11-7-6-10-19(21)16-22(26)24(28)25-20-14-12-18(13-15-20)23(27)17-8-4-3-5-9-17/h3-16H,2H2,1H3,(H,25,28). The Labute approximate surface area is 163 Å². The number of para-hydroxylation sites is 1. The number of nitrogens with zero attached hydrogens (tertiary/aromatic N) is 1. The zero-order chi connectivity index (χ0) is 19.5. The summed E-state index contributed by atoms with van der Waals surface area (Å²) in [7, 11) is 0. The van der Waals surface area contributed by atoms with E-state index in [9.17, 15) is 9.59 Å². The van der Waals surface area contributed by atoms with E-state index < -0.39 is 0 Å². The Balaban J connectivity index is 1.55. The van der Waals surface area contributed by atoms with Crippen LogP contribution < -0.4 is 5.32 Å². The molecule has 28 heavy (non-hydrogen) atoms. The SMILES string of the molecule is CCn1c(C(=O)Nc2ccc(C(=O)c3ccccc3)cc2)cc2ccccc21. The molecular formula is C24H20N2O2. The van der Waals surface area contributed by atoms with E-state index in [4.69, 9.17) is 0 Å². The van der Waals surface area contributed by atoms with Gasteiger partial charge in [0, 0.05) is 34.3 Å². The second-order valence-electron chi connectivity index (χ2n) is 6.56. The Morgan fingerprint density at radius 2 is 1.46 bits per heavy atom. The van der Waals surface area contributed by atoms with E-state index in [-0.39, 0.29) is 11.7 Å². The van der Waals surface area contributed by atoms with Gasteiger partial charge in [-0.05, 0) is 43.3 Å². The number of rotatable bonds is 5. The summed E-state index contributed by atoms with van der Waals surface area (Å²) in [4.78, 5) is 25.3. The van der Waals surface area contributed by atoms with Gasteiger partial charge in [0.2, 0.25) is 0 Å². The molecule has 0 spiro atoms. The first-order valence-electron chi connectivity index (χ1n) is 9.27. The molecule has 3 aromatic carbocycles. The van der Waals surface area contributed by atoms with Crippen molar-refractivity contribution in [2.45, 2.75) is 13.5 Å². The fourth-order valence-electron chi connectivity index (χ4n) is 3.40. The number of fused-ring (bicyclic) bond motifs is 1. The van der Waals surface area contributed by atoms with Crippen LogP contribution in [-0.4, -0.2) is 16.3 Å². The average Bonchev–Trinajstić information content (AvgIpc) is 3.13. The molecule has 0 aliphatic rings. The summed E-state index contributed by atoms with van der Waals surface area (Å²) in [5.41, 5.74) is 3.55. The Morgan fingerprint density at radius 3 is 2.18 bits per heavy atom. The van der Waals surface area contributed by atoms with Crippen LogP contribution in [0, 0.1) is 0 Å². The van der Waals surface area contributed by atoms with Gasteiger partial charge in [-0.25, -0.2) is 0 Å². The first-order valence-corrected chi connectivity index (χ1v) is 9.27. The van der Waals surface area contributed by atoms with Crippen LogP contribution in [0.5, 0.6) is 0 Å². The molecule has 0 aliphatic carbocycles. The van der Waals surface area contributed by atoms with Crippen LogP contribution >= 0.6 is 0 Å². The number of carbonyl (C=O) groups excluding carboxylic acids is 2. The van der Waals surface area contributed by atoms with E-state index in [0.29, 0.717) is 29.1 Å². The molecule has 1 heterocycles. The predicted octanol–water partition coefficient (Wildman–Crippen LogP) is 5.14. The van der Waals surface area contributed by atoms with Gasteiger partial charge in [-0.1, -0.05) is 48.5 Å². The molecule has 4 heteroatoms. The fourth-order valence-corrected chi connectivity index (χ4v) is 3.40. The molecule has 4 aromatic rings. The Hall–Kier alpha value is -3.66. The molecule has 138 valence electrons. The largest absolute Gasteiger partial charge is 0.337 e. The first-order chi connectivity index (χ1) is 13.7. The molecule has 1 aromatic heterocycles. The number of nitrogens with one attached hydrogen (secondary N) is 1. The number of amides is 1. The zero-order valence-corrected chi connectivity index (χ0v) is 15.6. The Bertz CT molecular complexity index is 1140. The second-order valence-corrected chi connectivity index (χ2v) is 6.56. The van der Waals surface area contributed by atoms with Gasteiger partial charge in [-0.2, -0.15) is 0 Å². The van der Waals surface area contributed by atoms with Gasteiger partial charge in [0.05, 0.1) is 0 Å². The van der Waals surface area contributed by atoms with Crippen molar-refractivity contribution in [3.63, 3.8) is 0 Å². The van der Waals surface area contributed by atoms with Crippen molar-refractivity contribution in [3.8, 4) is 0 Å². The van der Waals surface area contributed by atoms with Gasteiger partial charge in [-0.15, -0.1) is 0 Å². The lowest BCUT2D eigenvalue weighted by molar-refractivity contribution is 0.101. The predicted molar refractivity (Wildman–Crippen MR) is 112 cm³/mol. The lowest BCUT2D eigenvalue weighted by Gasteiger charge is -2.09. The number of hydrogen-bond acceptors (Lipinski definition) is 2. The second kappa shape index (κ2) is 7.53. The van der Waals surface area contributed by atoms with Crippen molar-refractivity contribution < 1.29 is 9.59 Å². The molecule has 0 aliphatic heterocycles. The van der Waals surface area contributed by atoms with Crippen LogP contribution in [0.2, 0.25) is 0 Å². The number of aromatic nitrogens is 1. The minimum Gasteiger partial charge on any atom is -0.337 e. The van der Waals surface area contributed by atoms with Gasteiger partial charge in [0.15, 0.2) is 5.78 Å². The van der Waals surface area contributed by atoms with E-state index in [1.54, 1.807) is 36.4 Å². The van der Waals surface area contributed by atoms with Crippen LogP contribution in [-0.2, 0) is 6.54 Å². The number of anilines is 1. The maximum atomic E-state index is 12.8. The summed E-state index contributed by atoms with van der Waals surface area (Å²) in [5, 5.41) is 3.97. The average molecular weight is 368 g/mol. The molecule has 4 nitrogen and oxygen atoms in total. The molecular weight excluding hydrogens is 348 g/mol. The molecule has 0 unspecified atom stereocenters. The monoisotopic (exact) mass is 368 g/mol. The smallest absolute Gasteiger partial charge is 0.272 e. The summed E-state index contributed by atoms with van der Waals surface area (Å²) in [5.74, 6) is -0.204. The molecule has 0 saturated carbocycles. The maximum absolute atomic E-state index is 12.8. The van der Waals surface area contributed by atoms with Crippen LogP contribution in [0.25, 0.3) is 10.9 Å². The van der Waals surface area contributed by atoms with E-state index in [0.717, 1.165) is 10.9 Å². The molecule has 4 rings (SSSR count). The number of carbonyl (C=O) groups is 2. The molecule has 0 bridgehead atoms. The highest BCUT2D eigenvalue weighted by atomic mass is 16.2. The Morgan fingerprint density at radius 1 is 0.821 bits per heavy atom.